The number of benzene rings is 4. The number of hydrogen-bond acceptors (Lipinski definition) is 8. The third kappa shape index (κ3) is 4.77. The smallest absolute Gasteiger partial charge is 0.262 e. The van der Waals surface area contributed by atoms with Gasteiger partial charge in [0.05, 0.1) is 24.1 Å². The van der Waals surface area contributed by atoms with Gasteiger partial charge in [0.15, 0.2) is 0 Å². The molecule has 3 heterocycles. The van der Waals surface area contributed by atoms with Gasteiger partial charge in [-0.25, -0.2) is 0 Å². The number of anilines is 1. The van der Waals surface area contributed by atoms with Crippen molar-refractivity contribution in [1.82, 2.24) is 25.8 Å². The van der Waals surface area contributed by atoms with Crippen molar-refractivity contribution in [3.63, 3.8) is 0 Å². The van der Waals surface area contributed by atoms with Crippen LogP contribution >= 0.6 is 0 Å². The highest BCUT2D eigenvalue weighted by Crippen LogP contribution is 2.35. The molecule has 4 aromatic rings. The fourth-order valence-corrected chi connectivity index (χ4v) is 6.98. The SMILES string of the molecule is CCC(NC(C)N1C(=O)c2cccc3cccc(c23)C1=O)NC(C)N1C(=O)c2cccc3cc(N4CCNCC4)cc(c23)C1=O. The van der Waals surface area contributed by atoms with E-state index < -0.39 is 18.5 Å². The molecule has 0 aromatic heterocycles. The summed E-state index contributed by atoms with van der Waals surface area (Å²) >= 11 is 0. The number of carbonyl (C=O) groups excluding carboxylic acids is 4. The first kappa shape index (κ1) is 29.1. The highest BCUT2D eigenvalue weighted by molar-refractivity contribution is 6.26. The molecule has 3 unspecified atom stereocenters. The van der Waals surface area contributed by atoms with E-state index in [1.54, 1.807) is 32.0 Å². The highest BCUT2D eigenvalue weighted by Gasteiger charge is 2.39. The van der Waals surface area contributed by atoms with Crippen LogP contribution in [0, 0.1) is 0 Å². The Morgan fingerprint density at radius 2 is 1.13 bits per heavy atom. The number of hydrogen-bond donors (Lipinski definition) is 3. The largest absolute Gasteiger partial charge is 0.369 e. The second-order valence-corrected chi connectivity index (χ2v) is 12.0. The quantitative estimate of drug-likeness (QED) is 0.205. The van der Waals surface area contributed by atoms with Crippen LogP contribution in [0.25, 0.3) is 21.5 Å². The van der Waals surface area contributed by atoms with E-state index in [2.05, 4.69) is 26.9 Å². The molecule has 3 N–H and O–H groups in total. The molecule has 10 nitrogen and oxygen atoms in total. The minimum absolute atomic E-state index is 0.352. The van der Waals surface area contributed by atoms with E-state index in [0.717, 1.165) is 42.6 Å². The molecule has 0 aliphatic carbocycles. The van der Waals surface area contributed by atoms with E-state index in [-0.39, 0.29) is 23.6 Å². The van der Waals surface area contributed by atoms with E-state index in [1.807, 2.05) is 49.4 Å². The molecule has 3 aliphatic rings. The molecule has 1 saturated heterocycles. The summed E-state index contributed by atoms with van der Waals surface area (Å²) in [6.45, 7) is 8.92. The van der Waals surface area contributed by atoms with Gasteiger partial charge in [0.2, 0.25) is 0 Å². The number of rotatable bonds is 8. The maximum absolute atomic E-state index is 14.0. The molecule has 4 aromatic carbocycles. The van der Waals surface area contributed by atoms with Gasteiger partial charge in [-0.05, 0) is 61.4 Å². The molecule has 230 valence electrons. The van der Waals surface area contributed by atoms with Crippen molar-refractivity contribution in [2.75, 3.05) is 31.1 Å². The van der Waals surface area contributed by atoms with Crippen LogP contribution in [0.3, 0.4) is 0 Å². The molecule has 7 rings (SSSR count). The van der Waals surface area contributed by atoms with Crippen molar-refractivity contribution < 1.29 is 19.2 Å². The predicted molar refractivity (Wildman–Crippen MR) is 173 cm³/mol. The Kier molecular flexibility index (Phi) is 7.35. The van der Waals surface area contributed by atoms with Gasteiger partial charge in [0.1, 0.15) is 0 Å². The molecular formula is C35H36N6O4. The molecule has 45 heavy (non-hydrogen) atoms. The third-order valence-electron chi connectivity index (χ3n) is 9.21. The predicted octanol–water partition coefficient (Wildman–Crippen LogP) is 3.90. The minimum Gasteiger partial charge on any atom is -0.369 e. The molecule has 1 fully saturated rings. The van der Waals surface area contributed by atoms with Crippen molar-refractivity contribution in [2.45, 2.75) is 45.7 Å². The summed E-state index contributed by atoms with van der Waals surface area (Å²) in [6.07, 6.45) is -1.20. The summed E-state index contributed by atoms with van der Waals surface area (Å²) in [6, 6.07) is 20.5. The summed E-state index contributed by atoms with van der Waals surface area (Å²) in [7, 11) is 0. The molecule has 0 radical (unpaired) electrons. The van der Waals surface area contributed by atoms with Gasteiger partial charge in [-0.2, -0.15) is 0 Å². The summed E-state index contributed by atoms with van der Waals surface area (Å²) < 4.78 is 0. The van der Waals surface area contributed by atoms with Gasteiger partial charge >= 0.3 is 0 Å². The van der Waals surface area contributed by atoms with Crippen LogP contribution < -0.4 is 20.9 Å². The van der Waals surface area contributed by atoms with Crippen molar-refractivity contribution in [1.29, 1.82) is 0 Å². The van der Waals surface area contributed by atoms with Crippen LogP contribution in [0.4, 0.5) is 5.69 Å². The van der Waals surface area contributed by atoms with Crippen LogP contribution in [0.1, 0.15) is 68.6 Å². The van der Waals surface area contributed by atoms with Gasteiger partial charge in [-0.15, -0.1) is 0 Å². The first-order valence-corrected chi connectivity index (χ1v) is 15.6. The van der Waals surface area contributed by atoms with Crippen molar-refractivity contribution >= 4 is 50.9 Å². The lowest BCUT2D eigenvalue weighted by Crippen LogP contribution is -2.61. The van der Waals surface area contributed by atoms with Crippen molar-refractivity contribution in [3.8, 4) is 0 Å². The summed E-state index contributed by atoms with van der Waals surface area (Å²) in [4.78, 5) is 59.8. The number of carbonyl (C=O) groups is 4. The lowest BCUT2D eigenvalue weighted by atomic mass is 9.92. The average Bonchev–Trinajstić information content (AvgIpc) is 3.06. The number of imide groups is 2. The van der Waals surface area contributed by atoms with E-state index in [9.17, 15) is 19.2 Å². The Bertz CT molecular complexity index is 1830. The summed E-state index contributed by atoms with van der Waals surface area (Å²) in [5.74, 6) is -1.44. The Morgan fingerprint density at radius 3 is 1.64 bits per heavy atom. The van der Waals surface area contributed by atoms with E-state index in [4.69, 9.17) is 0 Å². The Balaban J connectivity index is 1.13. The van der Waals surface area contributed by atoms with Crippen LogP contribution in [0.5, 0.6) is 0 Å². The van der Waals surface area contributed by atoms with Gasteiger partial charge in [0.25, 0.3) is 23.6 Å². The third-order valence-corrected chi connectivity index (χ3v) is 9.21. The molecule has 0 bridgehead atoms. The molecule has 4 amide bonds. The van der Waals surface area contributed by atoms with Gasteiger partial charge < -0.3 is 10.2 Å². The first-order valence-electron chi connectivity index (χ1n) is 15.6. The van der Waals surface area contributed by atoms with Gasteiger partial charge in [-0.3, -0.25) is 39.6 Å². The Morgan fingerprint density at radius 1 is 0.667 bits per heavy atom. The molecule has 0 spiro atoms. The lowest BCUT2D eigenvalue weighted by Gasteiger charge is -2.38. The number of nitrogens with one attached hydrogen (secondary N) is 3. The van der Waals surface area contributed by atoms with Gasteiger partial charge in [-0.1, -0.05) is 43.3 Å². The van der Waals surface area contributed by atoms with E-state index >= 15 is 0 Å². The number of nitrogens with zero attached hydrogens (tertiary/aromatic N) is 3. The minimum atomic E-state index is -0.678. The van der Waals surface area contributed by atoms with Crippen LogP contribution in [0.15, 0.2) is 66.7 Å². The van der Waals surface area contributed by atoms with Gasteiger partial charge in [0, 0.05) is 59.3 Å². The lowest BCUT2D eigenvalue weighted by molar-refractivity contribution is 0.0473. The first-order chi connectivity index (χ1) is 21.8. The standard InChI is InChI=1S/C35H36N6O4/c1-4-29(37-20(2)40-32(42)25-11-5-8-22-9-6-12-26(30(22)25)33(40)43)38-21(3)41-34(44)27-13-7-10-23-18-24(39-16-14-36-15-17-39)19-28(31(23)27)35(41)45/h5-13,18-21,29,36-38H,4,14-17H2,1-3H3. The van der Waals surface area contributed by atoms with Crippen molar-refractivity contribution in [2.24, 2.45) is 0 Å². The van der Waals surface area contributed by atoms with E-state index in [0.29, 0.717) is 39.4 Å². The molecule has 3 aliphatic heterocycles. The summed E-state index contributed by atoms with van der Waals surface area (Å²) in [5.41, 5.74) is 2.95. The monoisotopic (exact) mass is 604 g/mol. The van der Waals surface area contributed by atoms with Crippen LogP contribution in [0.2, 0.25) is 0 Å². The fourth-order valence-electron chi connectivity index (χ4n) is 6.98. The fraction of sp³-hybridized carbons (Fsp3) is 0.314. The van der Waals surface area contributed by atoms with Crippen molar-refractivity contribution in [3.05, 3.63) is 89.0 Å². The summed E-state index contributed by atoms with van der Waals surface area (Å²) in [5, 5.41) is 13.2. The highest BCUT2D eigenvalue weighted by atomic mass is 16.2. The normalized spacial score (nSPS) is 18.6. The maximum atomic E-state index is 14.0. The van der Waals surface area contributed by atoms with Crippen LogP contribution in [-0.2, 0) is 0 Å². The number of piperazine rings is 1. The molecular weight excluding hydrogens is 568 g/mol. The topological polar surface area (TPSA) is 114 Å². The van der Waals surface area contributed by atoms with E-state index in [1.165, 1.54) is 9.80 Å². The second kappa shape index (κ2) is 11.4. The average molecular weight is 605 g/mol. The zero-order valence-corrected chi connectivity index (χ0v) is 25.6. The zero-order valence-electron chi connectivity index (χ0n) is 25.6. The molecule has 3 atom stereocenters. The molecule has 0 saturated carbocycles. The maximum Gasteiger partial charge on any atom is 0.262 e. The Hall–Kier alpha value is -4.64. The second-order valence-electron chi connectivity index (χ2n) is 12.0. The van der Waals surface area contributed by atoms with Crippen LogP contribution in [-0.4, -0.2) is 78.1 Å². The number of amides is 4. The molecule has 10 heteroatoms. The Labute approximate surface area is 261 Å². The zero-order chi connectivity index (χ0) is 31.4.